The summed E-state index contributed by atoms with van der Waals surface area (Å²) in [6.07, 6.45) is 17.3. The second-order valence-electron chi connectivity index (χ2n) is 4.02. The lowest BCUT2D eigenvalue weighted by Gasteiger charge is -2.01. The van der Waals surface area contributed by atoms with Gasteiger partial charge in [-0.2, -0.15) is 0 Å². The summed E-state index contributed by atoms with van der Waals surface area (Å²) >= 11 is 0. The first kappa shape index (κ1) is 41.3. The van der Waals surface area contributed by atoms with Gasteiger partial charge in [-0.05, 0) is 38.8 Å². The van der Waals surface area contributed by atoms with Gasteiger partial charge in [-0.3, -0.25) is 0 Å². The van der Waals surface area contributed by atoms with Gasteiger partial charge in [0.05, 0.1) is 12.9 Å². The van der Waals surface area contributed by atoms with Gasteiger partial charge in [0.1, 0.15) is 6.61 Å². The minimum atomic E-state index is 0.597. The molecule has 29 heavy (non-hydrogen) atoms. The van der Waals surface area contributed by atoms with Crippen molar-refractivity contribution in [2.24, 2.45) is 0 Å². The van der Waals surface area contributed by atoms with Gasteiger partial charge in [-0.15, -0.1) is 6.58 Å². The number of allylic oxidation sites excluding steroid dienone is 10. The molecule has 0 rings (SSSR count). The molecule has 0 aromatic carbocycles. The fourth-order valence-corrected chi connectivity index (χ4v) is 1.28. The summed E-state index contributed by atoms with van der Waals surface area (Å²) in [6, 6.07) is 0. The first-order valence-electron chi connectivity index (χ1n) is 10.7. The second-order valence-corrected chi connectivity index (χ2v) is 4.02. The molecule has 0 aromatic heterocycles. The van der Waals surface area contributed by atoms with Crippen LogP contribution in [-0.4, -0.2) is 20.3 Å². The maximum Gasteiger partial charge on any atom is 0.111 e. The molecule has 0 unspecified atom stereocenters. The van der Waals surface area contributed by atoms with Crippen LogP contribution in [0.25, 0.3) is 0 Å². The average Bonchev–Trinajstić information content (AvgIpc) is 2.79. The van der Waals surface area contributed by atoms with Crippen LogP contribution in [-0.2, 0) is 9.47 Å². The minimum absolute atomic E-state index is 0.597. The first-order valence-corrected chi connectivity index (χ1v) is 10.7. The van der Waals surface area contributed by atoms with Crippen molar-refractivity contribution in [1.29, 1.82) is 0 Å². The summed E-state index contributed by atoms with van der Waals surface area (Å²) < 4.78 is 9.38. The van der Waals surface area contributed by atoms with Gasteiger partial charge >= 0.3 is 0 Å². The molecule has 0 heterocycles. The van der Waals surface area contributed by atoms with Crippen LogP contribution in [0.15, 0.2) is 85.8 Å². The molecule has 0 aliphatic carbocycles. The zero-order chi connectivity index (χ0) is 24.3. The molecule has 0 radical (unpaired) electrons. The Kier molecular flexibility index (Phi) is 80.2. The Morgan fingerprint density at radius 3 is 1.41 bits per heavy atom. The van der Waals surface area contributed by atoms with Crippen molar-refractivity contribution in [3.8, 4) is 0 Å². The monoisotopic (exact) mass is 408 g/mol. The van der Waals surface area contributed by atoms with Crippen LogP contribution in [0, 0.1) is 0 Å². The van der Waals surface area contributed by atoms with E-state index in [1.165, 1.54) is 17.4 Å². The highest BCUT2D eigenvalue weighted by Crippen LogP contribution is 2.13. The molecule has 2 heteroatoms. The van der Waals surface area contributed by atoms with E-state index in [4.69, 9.17) is 4.74 Å². The summed E-state index contributed by atoms with van der Waals surface area (Å²) in [5, 5.41) is 0. The Balaban J connectivity index is -0.0000000696. The topological polar surface area (TPSA) is 18.5 Å². The van der Waals surface area contributed by atoms with Gasteiger partial charge < -0.3 is 9.47 Å². The smallest absolute Gasteiger partial charge is 0.111 e. The lowest BCUT2D eigenvalue weighted by atomic mass is 10.0. The van der Waals surface area contributed by atoms with E-state index in [1.807, 2.05) is 81.4 Å². The zero-order valence-electron chi connectivity index (χ0n) is 21.5. The quantitative estimate of drug-likeness (QED) is 0.172. The van der Waals surface area contributed by atoms with Gasteiger partial charge in [0.25, 0.3) is 0 Å². The molecule has 0 spiro atoms. The van der Waals surface area contributed by atoms with Crippen molar-refractivity contribution < 1.29 is 9.47 Å². The summed E-state index contributed by atoms with van der Waals surface area (Å²) in [4.78, 5) is 0. The largest absolute Gasteiger partial charge is 0.499 e. The molecule has 0 N–H and O–H groups in total. The fourth-order valence-electron chi connectivity index (χ4n) is 1.28. The van der Waals surface area contributed by atoms with Gasteiger partial charge in [0.15, 0.2) is 0 Å². The standard InChI is InChI=1S/C13H18.C5H10O2.C3H6.3C2H6/c1-5-9-11-13(8-4)12(7-3)10-6-2;1-3-7-5-4-6-2;1-3-2;3*1-2/h5-11H,1H2,2-4H3;3H,1,4-5H2,2H3;3H,1H2,2H3;3*1-2H3/b10-6-,11-9-,12-7+,13-8+;;;;;. The fraction of sp³-hybridized carbons (Fsp3) is 0.481. The predicted octanol–water partition coefficient (Wildman–Crippen LogP) is 9.26. The number of hydrogen-bond donors (Lipinski definition) is 0. The molecule has 2 nitrogen and oxygen atoms in total. The third-order valence-corrected chi connectivity index (χ3v) is 2.24. The Labute approximate surface area is 185 Å². The molecule has 0 aromatic rings. The van der Waals surface area contributed by atoms with E-state index in [-0.39, 0.29) is 0 Å². The van der Waals surface area contributed by atoms with E-state index in [0.29, 0.717) is 13.2 Å². The molecule has 0 amide bonds. The SMILES string of the molecule is C=CC.C=COCCOC.C=C\C=C/C(=C\C)C(/C=C\C)=C/C.CC.CC.CC. The molecular formula is C27H52O2. The second kappa shape index (κ2) is 56.2. The van der Waals surface area contributed by atoms with E-state index in [0.717, 1.165) is 0 Å². The van der Waals surface area contributed by atoms with E-state index in [9.17, 15) is 0 Å². The van der Waals surface area contributed by atoms with Crippen molar-refractivity contribution in [1.82, 2.24) is 0 Å². The lowest BCUT2D eigenvalue weighted by Crippen LogP contribution is -1.95. The van der Waals surface area contributed by atoms with E-state index in [2.05, 4.69) is 48.8 Å². The average molecular weight is 409 g/mol. The van der Waals surface area contributed by atoms with Crippen molar-refractivity contribution in [2.45, 2.75) is 69.2 Å². The molecule has 0 saturated carbocycles. The normalized spacial score (nSPS) is 9.48. The predicted molar refractivity (Wildman–Crippen MR) is 140 cm³/mol. The van der Waals surface area contributed by atoms with Gasteiger partial charge in [0.2, 0.25) is 0 Å². The summed E-state index contributed by atoms with van der Waals surface area (Å²) in [7, 11) is 1.63. The van der Waals surface area contributed by atoms with Crippen LogP contribution >= 0.6 is 0 Å². The lowest BCUT2D eigenvalue weighted by molar-refractivity contribution is 0.124. The van der Waals surface area contributed by atoms with Crippen molar-refractivity contribution in [3.05, 3.63) is 85.8 Å². The summed E-state index contributed by atoms with van der Waals surface area (Å²) in [6.45, 7) is 31.6. The summed E-state index contributed by atoms with van der Waals surface area (Å²) in [5.41, 5.74) is 2.46. The van der Waals surface area contributed by atoms with E-state index in [1.54, 1.807) is 19.3 Å². The molecule has 0 atom stereocenters. The van der Waals surface area contributed by atoms with Gasteiger partial charge in [0, 0.05) is 7.11 Å². The maximum absolute atomic E-state index is 4.71. The molecule has 0 aliphatic rings. The van der Waals surface area contributed by atoms with Crippen molar-refractivity contribution >= 4 is 0 Å². The highest BCUT2D eigenvalue weighted by Gasteiger charge is 1.93. The van der Waals surface area contributed by atoms with Gasteiger partial charge in [-0.25, -0.2) is 0 Å². The third kappa shape index (κ3) is 51.8. The van der Waals surface area contributed by atoms with E-state index >= 15 is 0 Å². The molecule has 172 valence electrons. The van der Waals surface area contributed by atoms with Crippen molar-refractivity contribution in [2.75, 3.05) is 20.3 Å². The molecular weight excluding hydrogens is 356 g/mol. The van der Waals surface area contributed by atoms with Crippen LogP contribution in [0.1, 0.15) is 69.2 Å². The minimum Gasteiger partial charge on any atom is -0.499 e. The first-order chi connectivity index (χ1) is 14.1. The number of rotatable bonds is 8. The van der Waals surface area contributed by atoms with Crippen LogP contribution in [0.2, 0.25) is 0 Å². The van der Waals surface area contributed by atoms with Crippen LogP contribution in [0.5, 0.6) is 0 Å². The maximum atomic E-state index is 4.71. The third-order valence-electron chi connectivity index (χ3n) is 2.24. The van der Waals surface area contributed by atoms with Crippen LogP contribution < -0.4 is 0 Å². The Morgan fingerprint density at radius 1 is 0.724 bits per heavy atom. The molecule has 0 fully saturated rings. The Morgan fingerprint density at radius 2 is 1.14 bits per heavy atom. The summed E-state index contributed by atoms with van der Waals surface area (Å²) in [5.74, 6) is 0. The van der Waals surface area contributed by atoms with Crippen LogP contribution in [0.4, 0.5) is 0 Å². The zero-order valence-corrected chi connectivity index (χ0v) is 21.5. The molecule has 0 bridgehead atoms. The van der Waals surface area contributed by atoms with Crippen LogP contribution in [0.3, 0.4) is 0 Å². The highest BCUT2D eigenvalue weighted by atomic mass is 16.5. The Bertz CT molecular complexity index is 397. The van der Waals surface area contributed by atoms with E-state index < -0.39 is 0 Å². The molecule has 0 saturated heterocycles. The van der Waals surface area contributed by atoms with Crippen molar-refractivity contribution in [3.63, 3.8) is 0 Å². The Hall–Kier alpha value is -2.06. The molecule has 0 aliphatic heterocycles. The number of methoxy groups -OCH3 is 1. The highest BCUT2D eigenvalue weighted by molar-refractivity contribution is 5.46. The number of ether oxygens (including phenoxy) is 2. The van der Waals surface area contributed by atoms with Gasteiger partial charge in [-0.1, -0.05) is 103 Å². The number of hydrogen-bond acceptors (Lipinski definition) is 2.